The minimum absolute atomic E-state index is 0.00373. The van der Waals surface area contributed by atoms with Gasteiger partial charge in [0.05, 0.1) is 19.6 Å². The SMILES string of the molecule is COc1ccc(C(CNC(=O)C(NC(=O)Cc2ccc3ccccc3c2)C(C)C)N(C)C)cc1. The number of hydrogen-bond donors (Lipinski definition) is 2. The maximum Gasteiger partial charge on any atom is 0.242 e. The maximum absolute atomic E-state index is 13.0. The molecule has 0 aliphatic heterocycles. The summed E-state index contributed by atoms with van der Waals surface area (Å²) in [6, 6.07) is 21.3. The Morgan fingerprint density at radius 1 is 0.941 bits per heavy atom. The third-order valence-corrected chi connectivity index (χ3v) is 6.04. The van der Waals surface area contributed by atoms with Crippen LogP contribution in [0.4, 0.5) is 0 Å². The third-order valence-electron chi connectivity index (χ3n) is 6.04. The predicted molar refractivity (Wildman–Crippen MR) is 137 cm³/mol. The van der Waals surface area contributed by atoms with Crippen molar-refractivity contribution >= 4 is 22.6 Å². The molecule has 2 amide bonds. The van der Waals surface area contributed by atoms with Crippen molar-refractivity contribution in [2.45, 2.75) is 32.4 Å². The Kier molecular flexibility index (Phi) is 8.66. The van der Waals surface area contributed by atoms with Crippen molar-refractivity contribution in [2.75, 3.05) is 27.7 Å². The van der Waals surface area contributed by atoms with E-state index in [2.05, 4.69) is 15.5 Å². The lowest BCUT2D eigenvalue weighted by molar-refractivity contribution is -0.129. The molecule has 3 aromatic carbocycles. The van der Waals surface area contributed by atoms with Crippen LogP contribution < -0.4 is 15.4 Å². The molecule has 2 N–H and O–H groups in total. The number of rotatable bonds is 10. The molecule has 0 radical (unpaired) electrons. The lowest BCUT2D eigenvalue weighted by Crippen LogP contribution is -2.51. The fourth-order valence-electron chi connectivity index (χ4n) is 4.03. The van der Waals surface area contributed by atoms with Crippen LogP contribution in [0.15, 0.2) is 66.7 Å². The summed E-state index contributed by atoms with van der Waals surface area (Å²) in [7, 11) is 5.59. The molecule has 0 saturated heterocycles. The standard InChI is InChI=1S/C28H35N3O3/c1-19(2)27(30-26(32)17-20-10-11-21-8-6-7-9-23(21)16-20)28(33)29-18-25(31(3)4)22-12-14-24(34-5)15-13-22/h6-16,19,25,27H,17-18H2,1-5H3,(H,29,33)(H,30,32). The predicted octanol–water partition coefficient (Wildman–Crippen LogP) is 3.95. The van der Waals surface area contributed by atoms with Crippen LogP contribution in [-0.4, -0.2) is 50.5 Å². The van der Waals surface area contributed by atoms with Gasteiger partial charge in [0, 0.05) is 6.54 Å². The van der Waals surface area contributed by atoms with E-state index in [-0.39, 0.29) is 30.2 Å². The van der Waals surface area contributed by atoms with E-state index in [0.29, 0.717) is 6.54 Å². The van der Waals surface area contributed by atoms with Crippen LogP contribution >= 0.6 is 0 Å². The van der Waals surface area contributed by atoms with Gasteiger partial charge in [-0.3, -0.25) is 9.59 Å². The summed E-state index contributed by atoms with van der Waals surface area (Å²) in [5, 5.41) is 8.21. The molecule has 6 nitrogen and oxygen atoms in total. The first-order valence-electron chi connectivity index (χ1n) is 11.6. The van der Waals surface area contributed by atoms with Crippen molar-refractivity contribution in [3.05, 3.63) is 77.9 Å². The number of benzene rings is 3. The second-order valence-corrected chi connectivity index (χ2v) is 9.15. The van der Waals surface area contributed by atoms with Crippen molar-refractivity contribution in [1.29, 1.82) is 0 Å². The summed E-state index contributed by atoms with van der Waals surface area (Å²) in [5.74, 6) is 0.407. The highest BCUT2D eigenvalue weighted by molar-refractivity contribution is 5.89. The lowest BCUT2D eigenvalue weighted by atomic mass is 10.0. The zero-order valence-electron chi connectivity index (χ0n) is 20.7. The quantitative estimate of drug-likeness (QED) is 0.480. The van der Waals surface area contributed by atoms with Crippen LogP contribution in [0.2, 0.25) is 0 Å². The second kappa shape index (κ2) is 11.7. The van der Waals surface area contributed by atoms with Gasteiger partial charge in [-0.25, -0.2) is 0 Å². The molecule has 0 saturated carbocycles. The van der Waals surface area contributed by atoms with Gasteiger partial charge < -0.3 is 20.3 Å². The minimum atomic E-state index is -0.605. The Hall–Kier alpha value is -3.38. The highest BCUT2D eigenvalue weighted by atomic mass is 16.5. The number of ether oxygens (including phenoxy) is 1. The fourth-order valence-corrected chi connectivity index (χ4v) is 4.03. The summed E-state index contributed by atoms with van der Waals surface area (Å²) in [5.41, 5.74) is 2.00. The molecule has 2 atom stereocenters. The van der Waals surface area contributed by atoms with Crippen LogP contribution in [0.3, 0.4) is 0 Å². The molecule has 3 rings (SSSR count). The van der Waals surface area contributed by atoms with Gasteiger partial charge in [-0.1, -0.05) is 68.4 Å². The Morgan fingerprint density at radius 2 is 1.62 bits per heavy atom. The number of fused-ring (bicyclic) bond motifs is 1. The first-order chi connectivity index (χ1) is 16.3. The molecule has 180 valence electrons. The molecule has 0 heterocycles. The first kappa shape index (κ1) is 25.2. The normalized spacial score (nSPS) is 13.0. The van der Waals surface area contributed by atoms with Crippen LogP contribution in [0.1, 0.15) is 31.0 Å². The first-order valence-corrected chi connectivity index (χ1v) is 11.6. The Bertz CT molecular complexity index is 1110. The Balaban J connectivity index is 1.62. The maximum atomic E-state index is 13.0. The van der Waals surface area contributed by atoms with Gasteiger partial charge in [-0.15, -0.1) is 0 Å². The summed E-state index contributed by atoms with van der Waals surface area (Å²) < 4.78 is 5.24. The van der Waals surface area contributed by atoms with E-state index in [0.717, 1.165) is 27.6 Å². The van der Waals surface area contributed by atoms with E-state index in [1.165, 1.54) is 0 Å². The van der Waals surface area contributed by atoms with E-state index in [9.17, 15) is 9.59 Å². The monoisotopic (exact) mass is 461 g/mol. The van der Waals surface area contributed by atoms with Gasteiger partial charge in [0.25, 0.3) is 0 Å². The topological polar surface area (TPSA) is 70.7 Å². The number of nitrogens with zero attached hydrogens (tertiary/aromatic N) is 1. The zero-order valence-corrected chi connectivity index (χ0v) is 20.7. The molecule has 0 fully saturated rings. The van der Waals surface area contributed by atoms with Crippen LogP contribution in [0, 0.1) is 5.92 Å². The largest absolute Gasteiger partial charge is 0.497 e. The van der Waals surface area contributed by atoms with E-state index in [1.54, 1.807) is 7.11 Å². The van der Waals surface area contributed by atoms with E-state index < -0.39 is 6.04 Å². The number of nitrogens with one attached hydrogen (secondary N) is 2. The van der Waals surface area contributed by atoms with Crippen molar-refractivity contribution in [1.82, 2.24) is 15.5 Å². The average Bonchev–Trinajstić information content (AvgIpc) is 2.82. The van der Waals surface area contributed by atoms with Crippen molar-refractivity contribution in [3.8, 4) is 5.75 Å². The number of methoxy groups -OCH3 is 1. The smallest absolute Gasteiger partial charge is 0.242 e. The molecular weight excluding hydrogens is 426 g/mol. The van der Waals surface area contributed by atoms with Crippen molar-refractivity contribution in [2.24, 2.45) is 5.92 Å². The lowest BCUT2D eigenvalue weighted by Gasteiger charge is -2.27. The highest BCUT2D eigenvalue weighted by Crippen LogP contribution is 2.21. The Labute approximate surface area is 202 Å². The zero-order chi connectivity index (χ0) is 24.7. The minimum Gasteiger partial charge on any atom is -0.497 e. The number of carbonyl (C=O) groups excluding carboxylic acids is 2. The number of likely N-dealkylation sites (N-methyl/N-ethyl adjacent to an activating group) is 1. The van der Waals surface area contributed by atoms with Crippen LogP contribution in [0.5, 0.6) is 5.75 Å². The molecule has 34 heavy (non-hydrogen) atoms. The van der Waals surface area contributed by atoms with Crippen molar-refractivity contribution < 1.29 is 14.3 Å². The van der Waals surface area contributed by atoms with Gasteiger partial charge >= 0.3 is 0 Å². The van der Waals surface area contributed by atoms with E-state index in [4.69, 9.17) is 4.74 Å². The van der Waals surface area contributed by atoms with Crippen LogP contribution in [0.25, 0.3) is 10.8 Å². The Morgan fingerprint density at radius 3 is 2.24 bits per heavy atom. The molecule has 0 aliphatic carbocycles. The van der Waals surface area contributed by atoms with Gasteiger partial charge in [-0.05, 0) is 54.0 Å². The van der Waals surface area contributed by atoms with Crippen molar-refractivity contribution in [3.63, 3.8) is 0 Å². The molecule has 2 unspecified atom stereocenters. The summed E-state index contributed by atoms with van der Waals surface area (Å²) in [6.45, 7) is 4.31. The molecule has 3 aromatic rings. The number of hydrogen-bond acceptors (Lipinski definition) is 4. The molecular formula is C28H35N3O3. The van der Waals surface area contributed by atoms with Gasteiger partial charge in [0.1, 0.15) is 11.8 Å². The number of carbonyl (C=O) groups is 2. The third kappa shape index (κ3) is 6.58. The summed E-state index contributed by atoms with van der Waals surface area (Å²) in [6.07, 6.45) is 0.230. The summed E-state index contributed by atoms with van der Waals surface area (Å²) >= 11 is 0. The van der Waals surface area contributed by atoms with Crippen LogP contribution in [-0.2, 0) is 16.0 Å². The highest BCUT2D eigenvalue weighted by Gasteiger charge is 2.25. The molecule has 0 aliphatic rings. The molecule has 0 spiro atoms. The number of amides is 2. The summed E-state index contributed by atoms with van der Waals surface area (Å²) in [4.78, 5) is 27.9. The van der Waals surface area contributed by atoms with Gasteiger partial charge in [-0.2, -0.15) is 0 Å². The van der Waals surface area contributed by atoms with E-state index in [1.807, 2.05) is 94.7 Å². The fraction of sp³-hybridized carbons (Fsp3) is 0.357. The molecule has 0 bridgehead atoms. The second-order valence-electron chi connectivity index (χ2n) is 9.15. The van der Waals surface area contributed by atoms with E-state index >= 15 is 0 Å². The average molecular weight is 462 g/mol. The molecule has 0 aromatic heterocycles. The van der Waals surface area contributed by atoms with Gasteiger partial charge in [0.15, 0.2) is 0 Å². The van der Waals surface area contributed by atoms with Gasteiger partial charge in [0.2, 0.25) is 11.8 Å². The molecule has 6 heteroatoms.